The standard InChI is InChI=1S/C21H24BrNO/c1-24-20-19-8-3-2-6-16(19)13-21(20)9-10-23-18(14-21)12-15-5-4-7-17(22)11-15/h2-8,11,18,20,23H,9-10,12-14H2,1H3/t18-,20+,21?/m1/s1. The molecule has 0 bridgehead atoms. The Morgan fingerprint density at radius 3 is 2.92 bits per heavy atom. The topological polar surface area (TPSA) is 21.3 Å². The first-order valence-electron chi connectivity index (χ1n) is 8.79. The number of nitrogens with one attached hydrogen (secondary N) is 1. The molecule has 2 aliphatic rings. The van der Waals surface area contributed by atoms with Crippen LogP contribution in [0.4, 0.5) is 0 Å². The SMILES string of the molecule is CO[C@H]1c2ccccc2CC12CCN[C@H](Cc1cccc(Br)c1)C2. The number of halogens is 1. The fourth-order valence-corrected chi connectivity index (χ4v) is 5.26. The molecular formula is C21H24BrNO. The van der Waals surface area contributed by atoms with Crippen molar-refractivity contribution in [2.75, 3.05) is 13.7 Å². The van der Waals surface area contributed by atoms with E-state index in [9.17, 15) is 0 Å². The Labute approximate surface area is 152 Å². The van der Waals surface area contributed by atoms with Gasteiger partial charge in [0.2, 0.25) is 0 Å². The summed E-state index contributed by atoms with van der Waals surface area (Å²) >= 11 is 3.59. The number of hydrogen-bond donors (Lipinski definition) is 1. The number of hydrogen-bond acceptors (Lipinski definition) is 2. The fourth-order valence-electron chi connectivity index (χ4n) is 4.81. The van der Waals surface area contributed by atoms with Gasteiger partial charge in [0, 0.05) is 23.0 Å². The molecule has 1 aliphatic heterocycles. The second kappa shape index (κ2) is 6.62. The summed E-state index contributed by atoms with van der Waals surface area (Å²) in [6.07, 6.45) is 4.83. The van der Waals surface area contributed by atoms with Gasteiger partial charge in [0.1, 0.15) is 0 Å². The fraction of sp³-hybridized carbons (Fsp3) is 0.429. The largest absolute Gasteiger partial charge is 0.376 e. The van der Waals surface area contributed by atoms with Crippen molar-refractivity contribution in [3.05, 3.63) is 69.7 Å². The lowest BCUT2D eigenvalue weighted by molar-refractivity contribution is -0.0290. The molecule has 2 nitrogen and oxygen atoms in total. The van der Waals surface area contributed by atoms with Gasteiger partial charge in [-0.05, 0) is 61.1 Å². The van der Waals surface area contributed by atoms with Crippen LogP contribution in [0.3, 0.4) is 0 Å². The molecule has 0 radical (unpaired) electrons. The van der Waals surface area contributed by atoms with E-state index in [1.807, 2.05) is 7.11 Å². The van der Waals surface area contributed by atoms with Crippen LogP contribution in [0.1, 0.15) is 35.6 Å². The molecule has 1 aliphatic carbocycles. The van der Waals surface area contributed by atoms with Crippen LogP contribution in [-0.2, 0) is 17.6 Å². The Morgan fingerprint density at radius 1 is 1.21 bits per heavy atom. The van der Waals surface area contributed by atoms with Crippen molar-refractivity contribution in [2.45, 2.75) is 37.8 Å². The second-order valence-electron chi connectivity index (χ2n) is 7.29. The molecule has 1 spiro atoms. The highest BCUT2D eigenvalue weighted by molar-refractivity contribution is 9.10. The van der Waals surface area contributed by atoms with E-state index in [1.165, 1.54) is 29.5 Å². The Bertz CT molecular complexity index is 731. The van der Waals surface area contributed by atoms with Crippen molar-refractivity contribution in [2.24, 2.45) is 5.41 Å². The first kappa shape index (κ1) is 16.3. The van der Waals surface area contributed by atoms with E-state index >= 15 is 0 Å². The van der Waals surface area contributed by atoms with Crippen LogP contribution < -0.4 is 5.32 Å². The van der Waals surface area contributed by atoms with Crippen LogP contribution in [-0.4, -0.2) is 19.7 Å². The Balaban J connectivity index is 1.56. The van der Waals surface area contributed by atoms with Crippen LogP contribution >= 0.6 is 15.9 Å². The molecule has 1 fully saturated rings. The lowest BCUT2D eigenvalue weighted by atomic mass is 9.71. The summed E-state index contributed by atoms with van der Waals surface area (Å²) in [5.41, 5.74) is 4.53. The van der Waals surface area contributed by atoms with Gasteiger partial charge in [0.25, 0.3) is 0 Å². The molecule has 2 aromatic rings. The third kappa shape index (κ3) is 2.94. The number of fused-ring (bicyclic) bond motifs is 1. The highest BCUT2D eigenvalue weighted by Crippen LogP contribution is 2.53. The lowest BCUT2D eigenvalue weighted by Crippen LogP contribution is -2.47. The van der Waals surface area contributed by atoms with Gasteiger partial charge in [-0.15, -0.1) is 0 Å². The maximum Gasteiger partial charge on any atom is 0.0884 e. The van der Waals surface area contributed by atoms with Gasteiger partial charge in [-0.2, -0.15) is 0 Å². The molecular weight excluding hydrogens is 362 g/mol. The molecule has 0 saturated carbocycles. The van der Waals surface area contributed by atoms with E-state index in [0.29, 0.717) is 6.04 Å². The third-order valence-electron chi connectivity index (χ3n) is 5.75. The zero-order valence-electron chi connectivity index (χ0n) is 14.1. The molecule has 0 aromatic heterocycles. The Hall–Kier alpha value is -1.16. The number of piperidine rings is 1. The third-order valence-corrected chi connectivity index (χ3v) is 6.25. The van der Waals surface area contributed by atoms with Gasteiger partial charge in [-0.25, -0.2) is 0 Å². The highest BCUT2D eigenvalue weighted by Gasteiger charge is 2.48. The summed E-state index contributed by atoms with van der Waals surface area (Å²) in [6, 6.07) is 18.0. The lowest BCUT2D eigenvalue weighted by Gasteiger charge is -2.42. The zero-order valence-corrected chi connectivity index (χ0v) is 15.7. The van der Waals surface area contributed by atoms with Crippen molar-refractivity contribution < 1.29 is 4.74 Å². The normalized spacial score (nSPS) is 28.9. The summed E-state index contributed by atoms with van der Waals surface area (Å²) in [7, 11) is 1.87. The minimum absolute atomic E-state index is 0.237. The van der Waals surface area contributed by atoms with E-state index in [4.69, 9.17) is 4.74 Å². The molecule has 1 unspecified atom stereocenters. The molecule has 4 rings (SSSR count). The molecule has 2 aromatic carbocycles. The monoisotopic (exact) mass is 385 g/mol. The smallest absolute Gasteiger partial charge is 0.0884 e. The van der Waals surface area contributed by atoms with Crippen LogP contribution in [0, 0.1) is 5.41 Å². The molecule has 0 amide bonds. The second-order valence-corrected chi connectivity index (χ2v) is 8.21. The van der Waals surface area contributed by atoms with Gasteiger partial charge < -0.3 is 10.1 Å². The van der Waals surface area contributed by atoms with Gasteiger partial charge in [0.05, 0.1) is 6.10 Å². The summed E-state index contributed by atoms with van der Waals surface area (Å²) in [5.74, 6) is 0. The predicted molar refractivity (Wildman–Crippen MR) is 101 cm³/mol. The van der Waals surface area contributed by atoms with Crippen LogP contribution in [0.15, 0.2) is 53.0 Å². The molecule has 3 atom stereocenters. The van der Waals surface area contributed by atoms with E-state index in [0.717, 1.165) is 23.9 Å². The number of ether oxygens (including phenoxy) is 1. The van der Waals surface area contributed by atoms with E-state index in [1.54, 1.807) is 0 Å². The van der Waals surface area contributed by atoms with Gasteiger partial charge in [0.15, 0.2) is 0 Å². The first-order valence-corrected chi connectivity index (χ1v) is 9.58. The van der Waals surface area contributed by atoms with Gasteiger partial charge in [-0.1, -0.05) is 52.3 Å². The minimum Gasteiger partial charge on any atom is -0.376 e. The quantitative estimate of drug-likeness (QED) is 0.828. The number of benzene rings is 2. The molecule has 1 heterocycles. The molecule has 24 heavy (non-hydrogen) atoms. The molecule has 3 heteroatoms. The zero-order chi connectivity index (χ0) is 16.6. The maximum absolute atomic E-state index is 6.01. The molecule has 1 saturated heterocycles. The van der Waals surface area contributed by atoms with Crippen molar-refractivity contribution in [3.63, 3.8) is 0 Å². The van der Waals surface area contributed by atoms with Crippen molar-refractivity contribution >= 4 is 15.9 Å². The summed E-state index contributed by atoms with van der Waals surface area (Å²) in [5, 5.41) is 3.74. The van der Waals surface area contributed by atoms with Gasteiger partial charge in [-0.3, -0.25) is 0 Å². The number of methoxy groups -OCH3 is 1. The van der Waals surface area contributed by atoms with E-state index in [-0.39, 0.29) is 11.5 Å². The van der Waals surface area contributed by atoms with Crippen molar-refractivity contribution in [3.8, 4) is 0 Å². The summed E-state index contributed by atoms with van der Waals surface area (Å²) < 4.78 is 7.17. The summed E-state index contributed by atoms with van der Waals surface area (Å²) in [4.78, 5) is 0. The van der Waals surface area contributed by atoms with Crippen molar-refractivity contribution in [1.82, 2.24) is 5.32 Å². The van der Waals surface area contributed by atoms with Crippen LogP contribution in [0.2, 0.25) is 0 Å². The minimum atomic E-state index is 0.237. The number of rotatable bonds is 3. The van der Waals surface area contributed by atoms with Crippen LogP contribution in [0.5, 0.6) is 0 Å². The molecule has 126 valence electrons. The Morgan fingerprint density at radius 2 is 2.08 bits per heavy atom. The van der Waals surface area contributed by atoms with Crippen LogP contribution in [0.25, 0.3) is 0 Å². The maximum atomic E-state index is 6.01. The van der Waals surface area contributed by atoms with E-state index < -0.39 is 0 Å². The Kier molecular flexibility index (Phi) is 4.50. The average molecular weight is 386 g/mol. The molecule has 1 N–H and O–H groups in total. The average Bonchev–Trinajstić information content (AvgIpc) is 2.87. The summed E-state index contributed by atoms with van der Waals surface area (Å²) in [6.45, 7) is 1.08. The van der Waals surface area contributed by atoms with Crippen molar-refractivity contribution in [1.29, 1.82) is 0 Å². The first-order chi connectivity index (χ1) is 11.7. The van der Waals surface area contributed by atoms with Gasteiger partial charge >= 0.3 is 0 Å². The predicted octanol–water partition coefficient (Wildman–Crippen LogP) is 4.67. The highest BCUT2D eigenvalue weighted by atomic mass is 79.9. The van der Waals surface area contributed by atoms with E-state index in [2.05, 4.69) is 69.8 Å².